The SMILES string of the molecule is CCCN=C(NCC)N1CCN(c2nc(CC)ns2)CC1.I. The molecule has 0 spiro atoms. The Morgan fingerprint density at radius 2 is 1.95 bits per heavy atom. The van der Waals surface area contributed by atoms with Crippen LogP contribution in [0.2, 0.25) is 0 Å². The Labute approximate surface area is 154 Å². The number of nitrogens with zero attached hydrogens (tertiary/aromatic N) is 5. The molecular weight excluding hydrogens is 411 g/mol. The zero-order valence-electron chi connectivity index (χ0n) is 13.7. The quantitative estimate of drug-likeness (QED) is 0.434. The highest BCUT2D eigenvalue weighted by atomic mass is 127. The first kappa shape index (κ1) is 19.4. The summed E-state index contributed by atoms with van der Waals surface area (Å²) in [6.45, 7) is 12.1. The van der Waals surface area contributed by atoms with Crippen molar-refractivity contribution in [3.05, 3.63) is 5.82 Å². The molecule has 126 valence electrons. The van der Waals surface area contributed by atoms with Gasteiger partial charge in [0.25, 0.3) is 0 Å². The van der Waals surface area contributed by atoms with Crippen molar-refractivity contribution in [3.8, 4) is 0 Å². The molecule has 2 rings (SSSR count). The Kier molecular flexibility index (Phi) is 8.99. The highest BCUT2D eigenvalue weighted by molar-refractivity contribution is 14.0. The number of aryl methyl sites for hydroxylation is 1. The molecule has 22 heavy (non-hydrogen) atoms. The van der Waals surface area contributed by atoms with Crippen LogP contribution in [0.5, 0.6) is 0 Å². The van der Waals surface area contributed by atoms with Gasteiger partial charge >= 0.3 is 0 Å². The highest BCUT2D eigenvalue weighted by Gasteiger charge is 2.21. The third-order valence-corrected chi connectivity index (χ3v) is 4.26. The normalized spacial score (nSPS) is 15.7. The van der Waals surface area contributed by atoms with Gasteiger partial charge in [0, 0.05) is 57.2 Å². The van der Waals surface area contributed by atoms with Crippen LogP contribution in [0.1, 0.15) is 33.0 Å². The zero-order valence-corrected chi connectivity index (χ0v) is 16.9. The minimum absolute atomic E-state index is 0. The summed E-state index contributed by atoms with van der Waals surface area (Å²) in [7, 11) is 0. The smallest absolute Gasteiger partial charge is 0.205 e. The van der Waals surface area contributed by atoms with E-state index in [-0.39, 0.29) is 24.0 Å². The number of aliphatic imine (C=N–C) groups is 1. The number of aromatic nitrogens is 2. The molecule has 1 fully saturated rings. The summed E-state index contributed by atoms with van der Waals surface area (Å²) in [4.78, 5) is 13.9. The Morgan fingerprint density at radius 3 is 2.50 bits per heavy atom. The lowest BCUT2D eigenvalue weighted by Crippen LogP contribution is -2.52. The van der Waals surface area contributed by atoms with E-state index in [1.54, 1.807) is 0 Å². The number of guanidine groups is 1. The first-order valence-corrected chi connectivity index (χ1v) is 8.66. The van der Waals surface area contributed by atoms with Crippen molar-refractivity contribution in [2.75, 3.05) is 44.2 Å². The number of anilines is 1. The maximum atomic E-state index is 4.66. The number of nitrogens with one attached hydrogen (secondary N) is 1. The van der Waals surface area contributed by atoms with Gasteiger partial charge < -0.3 is 15.1 Å². The fraction of sp³-hybridized carbons (Fsp3) is 0.786. The van der Waals surface area contributed by atoms with Crippen molar-refractivity contribution in [2.45, 2.75) is 33.6 Å². The van der Waals surface area contributed by atoms with Gasteiger partial charge in [-0.2, -0.15) is 4.37 Å². The summed E-state index contributed by atoms with van der Waals surface area (Å²) in [5.74, 6) is 2.00. The number of rotatable bonds is 5. The fourth-order valence-corrected chi connectivity index (χ4v) is 3.07. The molecule has 6 nitrogen and oxygen atoms in total. The Bertz CT molecular complexity index is 456. The Balaban J connectivity index is 0.00000242. The van der Waals surface area contributed by atoms with Crippen molar-refractivity contribution >= 4 is 46.6 Å². The van der Waals surface area contributed by atoms with Crippen LogP contribution in [0, 0.1) is 0 Å². The molecule has 0 aromatic carbocycles. The molecule has 8 heteroatoms. The molecule has 0 amide bonds. The van der Waals surface area contributed by atoms with Gasteiger partial charge in [0.05, 0.1) is 0 Å². The summed E-state index contributed by atoms with van der Waals surface area (Å²) < 4.78 is 4.37. The lowest BCUT2D eigenvalue weighted by Gasteiger charge is -2.36. The molecule has 1 aromatic rings. The van der Waals surface area contributed by atoms with Crippen molar-refractivity contribution in [1.29, 1.82) is 0 Å². The molecule has 1 N–H and O–H groups in total. The van der Waals surface area contributed by atoms with Gasteiger partial charge in [-0.1, -0.05) is 13.8 Å². The van der Waals surface area contributed by atoms with E-state index in [1.165, 1.54) is 11.5 Å². The van der Waals surface area contributed by atoms with E-state index in [0.717, 1.165) is 69.0 Å². The van der Waals surface area contributed by atoms with Crippen LogP contribution in [0.3, 0.4) is 0 Å². The van der Waals surface area contributed by atoms with E-state index < -0.39 is 0 Å². The van der Waals surface area contributed by atoms with E-state index in [1.807, 2.05) is 0 Å². The van der Waals surface area contributed by atoms with E-state index >= 15 is 0 Å². The first-order chi connectivity index (χ1) is 10.3. The van der Waals surface area contributed by atoms with Crippen LogP contribution in [0.15, 0.2) is 4.99 Å². The zero-order chi connectivity index (χ0) is 15.1. The van der Waals surface area contributed by atoms with E-state index in [2.05, 4.69) is 50.2 Å². The van der Waals surface area contributed by atoms with Gasteiger partial charge in [-0.25, -0.2) is 4.98 Å². The summed E-state index contributed by atoms with van der Waals surface area (Å²) in [5, 5.41) is 4.44. The number of hydrogen-bond donors (Lipinski definition) is 1. The third-order valence-electron chi connectivity index (χ3n) is 3.44. The maximum absolute atomic E-state index is 4.66. The molecule has 0 radical (unpaired) electrons. The van der Waals surface area contributed by atoms with E-state index in [0.29, 0.717) is 0 Å². The van der Waals surface area contributed by atoms with Crippen molar-refractivity contribution in [2.24, 2.45) is 4.99 Å². The molecule has 1 aromatic heterocycles. The van der Waals surface area contributed by atoms with Gasteiger partial charge in [-0.3, -0.25) is 4.99 Å². The van der Waals surface area contributed by atoms with Gasteiger partial charge in [0.2, 0.25) is 5.13 Å². The van der Waals surface area contributed by atoms with Gasteiger partial charge in [0.15, 0.2) is 5.96 Å². The van der Waals surface area contributed by atoms with Crippen molar-refractivity contribution < 1.29 is 0 Å². The van der Waals surface area contributed by atoms with Gasteiger partial charge in [-0.15, -0.1) is 24.0 Å². The standard InChI is InChI=1S/C14H26N6S.HI/c1-4-7-16-13(15-6-3)19-8-10-20(11-9-19)14-17-12(5-2)18-21-14;/h4-11H2,1-3H3,(H,15,16);1H. The molecule has 0 unspecified atom stereocenters. The Morgan fingerprint density at radius 1 is 1.23 bits per heavy atom. The molecule has 2 heterocycles. The largest absolute Gasteiger partial charge is 0.357 e. The third kappa shape index (κ3) is 5.22. The van der Waals surface area contributed by atoms with Crippen molar-refractivity contribution in [3.63, 3.8) is 0 Å². The minimum atomic E-state index is 0. The summed E-state index contributed by atoms with van der Waals surface area (Å²) in [6.07, 6.45) is 1.99. The molecule has 0 atom stereocenters. The molecule has 1 aliphatic heterocycles. The molecule has 1 saturated heterocycles. The van der Waals surface area contributed by atoms with Crippen LogP contribution < -0.4 is 10.2 Å². The number of hydrogen-bond acceptors (Lipinski definition) is 5. The van der Waals surface area contributed by atoms with Crippen LogP contribution in [0.4, 0.5) is 5.13 Å². The summed E-state index contributed by atoms with van der Waals surface area (Å²) >= 11 is 1.51. The van der Waals surface area contributed by atoms with Gasteiger partial charge in [0.1, 0.15) is 5.82 Å². The topological polar surface area (TPSA) is 56.7 Å². The monoisotopic (exact) mass is 438 g/mol. The second kappa shape index (κ2) is 10.2. The summed E-state index contributed by atoms with van der Waals surface area (Å²) in [6, 6.07) is 0. The van der Waals surface area contributed by atoms with Gasteiger partial charge in [-0.05, 0) is 13.3 Å². The molecular formula is C14H27IN6S. The highest BCUT2D eigenvalue weighted by Crippen LogP contribution is 2.19. The molecule has 1 aliphatic rings. The lowest BCUT2D eigenvalue weighted by atomic mass is 10.3. The second-order valence-corrected chi connectivity index (χ2v) is 5.79. The first-order valence-electron chi connectivity index (χ1n) is 7.89. The average Bonchev–Trinajstić information content (AvgIpc) is 3.01. The van der Waals surface area contributed by atoms with E-state index in [4.69, 9.17) is 0 Å². The van der Waals surface area contributed by atoms with Crippen molar-refractivity contribution in [1.82, 2.24) is 19.6 Å². The van der Waals surface area contributed by atoms with Crippen LogP contribution >= 0.6 is 35.5 Å². The predicted octanol–water partition coefficient (Wildman–Crippen LogP) is 2.22. The maximum Gasteiger partial charge on any atom is 0.205 e. The van der Waals surface area contributed by atoms with Crippen LogP contribution in [-0.4, -0.2) is 59.5 Å². The average molecular weight is 438 g/mol. The Hall–Kier alpha value is -0.640. The molecule has 0 bridgehead atoms. The fourth-order valence-electron chi connectivity index (χ4n) is 2.27. The minimum Gasteiger partial charge on any atom is -0.357 e. The van der Waals surface area contributed by atoms with E-state index in [9.17, 15) is 0 Å². The molecule has 0 saturated carbocycles. The molecule has 0 aliphatic carbocycles. The van der Waals surface area contributed by atoms with Crippen LogP contribution in [-0.2, 0) is 6.42 Å². The van der Waals surface area contributed by atoms with Crippen LogP contribution in [0.25, 0.3) is 0 Å². The number of halogens is 1. The lowest BCUT2D eigenvalue weighted by molar-refractivity contribution is 0.372. The number of piperazine rings is 1. The summed E-state index contributed by atoms with van der Waals surface area (Å²) in [5.41, 5.74) is 0. The predicted molar refractivity (Wildman–Crippen MR) is 105 cm³/mol. The second-order valence-electron chi connectivity index (χ2n) is 5.06.